The second-order valence-electron chi connectivity index (χ2n) is 3.47. The molecule has 1 unspecified atom stereocenters. The molecule has 74 valence electrons. The quantitative estimate of drug-likeness (QED) is 0.680. The van der Waals surface area contributed by atoms with E-state index in [-0.39, 0.29) is 5.92 Å². The van der Waals surface area contributed by atoms with E-state index < -0.39 is 0 Å². The van der Waals surface area contributed by atoms with Crippen molar-refractivity contribution in [2.24, 2.45) is 5.92 Å². The first-order valence-corrected chi connectivity index (χ1v) is 4.89. The van der Waals surface area contributed by atoms with Gasteiger partial charge in [-0.05, 0) is 30.2 Å². The Bertz CT molecular complexity index is 439. The zero-order chi connectivity index (χ0) is 10.5. The number of allylic oxidation sites excluding steroid dienone is 5. The third-order valence-electron chi connectivity index (χ3n) is 2.45. The van der Waals surface area contributed by atoms with Gasteiger partial charge in [0.05, 0.1) is 0 Å². The highest BCUT2D eigenvalue weighted by Gasteiger charge is 2.12. The fourth-order valence-corrected chi connectivity index (χ4v) is 1.65. The Morgan fingerprint density at radius 3 is 2.80 bits per heavy atom. The maximum absolute atomic E-state index is 10.7. The maximum atomic E-state index is 10.7. The van der Waals surface area contributed by atoms with Gasteiger partial charge in [0.15, 0.2) is 0 Å². The van der Waals surface area contributed by atoms with Crippen LogP contribution in [0.3, 0.4) is 0 Å². The zero-order valence-electron chi connectivity index (χ0n) is 8.26. The second-order valence-corrected chi connectivity index (χ2v) is 3.47. The summed E-state index contributed by atoms with van der Waals surface area (Å²) in [5.74, 6) is 2.14. The van der Waals surface area contributed by atoms with Crippen LogP contribution < -0.4 is 0 Å². The first-order valence-electron chi connectivity index (χ1n) is 4.89. The molecule has 15 heavy (non-hydrogen) atoms. The van der Waals surface area contributed by atoms with Crippen LogP contribution in [-0.4, -0.2) is 10.9 Å². The van der Waals surface area contributed by atoms with E-state index in [1.807, 2.05) is 42.4 Å². The third kappa shape index (κ3) is 2.30. The average Bonchev–Trinajstić information content (AvgIpc) is 2.31. The number of pyridine rings is 1. The predicted molar refractivity (Wildman–Crippen MR) is 58.9 cm³/mol. The largest absolute Gasteiger partial charge is 0.265 e. The molecule has 1 atom stereocenters. The molecule has 0 aromatic carbocycles. The molecule has 0 N–H and O–H groups in total. The van der Waals surface area contributed by atoms with E-state index in [2.05, 4.69) is 4.98 Å². The van der Waals surface area contributed by atoms with Crippen LogP contribution in [0, 0.1) is 5.92 Å². The molecule has 1 aromatic heterocycles. The lowest BCUT2D eigenvalue weighted by Crippen LogP contribution is -2.06. The molecule has 0 bridgehead atoms. The molecular formula is C13H11NO. The lowest BCUT2D eigenvalue weighted by Gasteiger charge is -2.13. The lowest BCUT2D eigenvalue weighted by molar-refractivity contribution is 0.564. The van der Waals surface area contributed by atoms with Crippen LogP contribution in [0.25, 0.3) is 0 Å². The standard InChI is InChI=1S/C13H11NO/c15-10-13-4-2-1-3-12(13)9-11-5-7-14-8-6-11/h1-8,12H,9H2. The highest BCUT2D eigenvalue weighted by atomic mass is 16.1. The Hall–Kier alpha value is -1.92. The SMILES string of the molecule is O=C=C1C=CC=CC1Cc1ccncc1. The van der Waals surface area contributed by atoms with Gasteiger partial charge >= 0.3 is 0 Å². The molecule has 2 heteroatoms. The van der Waals surface area contributed by atoms with Crippen LogP contribution in [-0.2, 0) is 11.2 Å². The third-order valence-corrected chi connectivity index (χ3v) is 2.45. The van der Waals surface area contributed by atoms with Gasteiger partial charge in [-0.2, -0.15) is 0 Å². The Kier molecular flexibility index (Phi) is 2.91. The van der Waals surface area contributed by atoms with Crippen LogP contribution in [0.15, 0.2) is 54.4 Å². The van der Waals surface area contributed by atoms with Crippen LogP contribution in [0.5, 0.6) is 0 Å². The Morgan fingerprint density at radius 2 is 2.07 bits per heavy atom. The summed E-state index contributed by atoms with van der Waals surface area (Å²) in [6, 6.07) is 3.93. The Morgan fingerprint density at radius 1 is 1.27 bits per heavy atom. The summed E-state index contributed by atoms with van der Waals surface area (Å²) in [6.45, 7) is 0. The molecule has 2 nitrogen and oxygen atoms in total. The molecule has 1 aliphatic rings. The molecule has 0 fully saturated rings. The molecular weight excluding hydrogens is 186 g/mol. The van der Waals surface area contributed by atoms with Crippen molar-refractivity contribution in [3.05, 3.63) is 60.0 Å². The number of carbonyl (C=O) groups excluding carboxylic acids is 1. The van der Waals surface area contributed by atoms with Gasteiger partial charge in [0.25, 0.3) is 0 Å². The topological polar surface area (TPSA) is 30.0 Å². The number of hydrogen-bond donors (Lipinski definition) is 0. The molecule has 1 aliphatic carbocycles. The van der Waals surface area contributed by atoms with Crippen LogP contribution in [0.2, 0.25) is 0 Å². The maximum Gasteiger partial charge on any atom is 0.128 e. The van der Waals surface area contributed by atoms with E-state index in [1.165, 1.54) is 5.56 Å². The van der Waals surface area contributed by atoms with Crippen LogP contribution >= 0.6 is 0 Å². The summed E-state index contributed by atoms with van der Waals surface area (Å²) in [7, 11) is 0. The highest BCUT2D eigenvalue weighted by Crippen LogP contribution is 2.20. The van der Waals surface area contributed by atoms with Crippen molar-refractivity contribution in [2.75, 3.05) is 0 Å². The fraction of sp³-hybridized carbons (Fsp3) is 0.154. The van der Waals surface area contributed by atoms with Gasteiger partial charge in [0, 0.05) is 23.9 Å². The van der Waals surface area contributed by atoms with Crippen molar-refractivity contribution in [1.82, 2.24) is 4.98 Å². The van der Waals surface area contributed by atoms with Gasteiger partial charge in [0.2, 0.25) is 0 Å². The summed E-state index contributed by atoms with van der Waals surface area (Å²) in [6.07, 6.45) is 12.0. The van der Waals surface area contributed by atoms with E-state index in [9.17, 15) is 4.79 Å². The number of hydrogen-bond acceptors (Lipinski definition) is 2. The van der Waals surface area contributed by atoms with E-state index in [0.29, 0.717) is 5.57 Å². The van der Waals surface area contributed by atoms with Crippen molar-refractivity contribution in [1.29, 1.82) is 0 Å². The molecule has 1 heterocycles. The van der Waals surface area contributed by atoms with Crippen LogP contribution in [0.1, 0.15) is 5.56 Å². The number of nitrogens with zero attached hydrogens (tertiary/aromatic N) is 1. The molecule has 0 saturated carbocycles. The zero-order valence-corrected chi connectivity index (χ0v) is 8.26. The molecule has 0 spiro atoms. The van der Waals surface area contributed by atoms with Crippen molar-refractivity contribution in [3.8, 4) is 0 Å². The molecule has 0 radical (unpaired) electrons. The average molecular weight is 197 g/mol. The Labute approximate surface area is 88.7 Å². The number of rotatable bonds is 2. The summed E-state index contributed by atoms with van der Waals surface area (Å²) in [4.78, 5) is 14.7. The van der Waals surface area contributed by atoms with Crippen molar-refractivity contribution < 1.29 is 4.79 Å². The van der Waals surface area contributed by atoms with E-state index in [4.69, 9.17) is 0 Å². The molecule has 0 saturated heterocycles. The van der Waals surface area contributed by atoms with Gasteiger partial charge in [0.1, 0.15) is 5.94 Å². The number of aromatic nitrogens is 1. The Balaban J connectivity index is 2.16. The van der Waals surface area contributed by atoms with Gasteiger partial charge < -0.3 is 0 Å². The van der Waals surface area contributed by atoms with Crippen molar-refractivity contribution in [2.45, 2.75) is 6.42 Å². The summed E-state index contributed by atoms with van der Waals surface area (Å²) in [5.41, 5.74) is 1.90. The highest BCUT2D eigenvalue weighted by molar-refractivity contribution is 5.60. The first kappa shape index (κ1) is 9.63. The monoisotopic (exact) mass is 197 g/mol. The van der Waals surface area contributed by atoms with E-state index in [0.717, 1.165) is 6.42 Å². The minimum absolute atomic E-state index is 0.148. The molecule has 0 aliphatic heterocycles. The fourth-order valence-electron chi connectivity index (χ4n) is 1.65. The molecule has 0 amide bonds. The van der Waals surface area contributed by atoms with Crippen molar-refractivity contribution >= 4 is 5.94 Å². The molecule has 1 aromatic rings. The van der Waals surface area contributed by atoms with Gasteiger partial charge in [-0.1, -0.05) is 18.2 Å². The first-order chi connectivity index (χ1) is 7.40. The minimum Gasteiger partial charge on any atom is -0.265 e. The van der Waals surface area contributed by atoms with Crippen molar-refractivity contribution in [3.63, 3.8) is 0 Å². The summed E-state index contributed by atoms with van der Waals surface area (Å²) in [5, 5.41) is 0. The van der Waals surface area contributed by atoms with Crippen LogP contribution in [0.4, 0.5) is 0 Å². The normalized spacial score (nSPS) is 18.9. The van der Waals surface area contributed by atoms with Gasteiger partial charge in [-0.25, -0.2) is 4.79 Å². The smallest absolute Gasteiger partial charge is 0.128 e. The van der Waals surface area contributed by atoms with E-state index in [1.54, 1.807) is 12.4 Å². The minimum atomic E-state index is 0.148. The summed E-state index contributed by atoms with van der Waals surface area (Å²) < 4.78 is 0. The second kappa shape index (κ2) is 4.54. The molecule has 2 rings (SSSR count). The lowest BCUT2D eigenvalue weighted by atomic mass is 9.90. The van der Waals surface area contributed by atoms with Gasteiger partial charge in [-0.15, -0.1) is 0 Å². The van der Waals surface area contributed by atoms with E-state index >= 15 is 0 Å². The summed E-state index contributed by atoms with van der Waals surface area (Å²) >= 11 is 0. The predicted octanol–water partition coefficient (Wildman–Crippen LogP) is 2.12. The van der Waals surface area contributed by atoms with Gasteiger partial charge in [-0.3, -0.25) is 4.98 Å².